The molecule has 0 aliphatic carbocycles. The van der Waals surface area contributed by atoms with Crippen LogP contribution in [0.4, 0.5) is 19.0 Å². The molecule has 3 aromatic rings. The summed E-state index contributed by atoms with van der Waals surface area (Å²) in [6.07, 6.45) is -2.45. The number of nitrogens with zero attached hydrogens (tertiary/aromatic N) is 4. The zero-order valence-electron chi connectivity index (χ0n) is 20.4. The van der Waals surface area contributed by atoms with Crippen LogP contribution in [0.1, 0.15) is 27.5 Å². The highest BCUT2D eigenvalue weighted by Gasteiger charge is 2.44. The van der Waals surface area contributed by atoms with E-state index in [9.17, 15) is 27.6 Å². The van der Waals surface area contributed by atoms with E-state index < -0.39 is 23.6 Å². The van der Waals surface area contributed by atoms with Crippen molar-refractivity contribution in [3.63, 3.8) is 0 Å². The molecule has 1 aliphatic rings. The third-order valence-electron chi connectivity index (χ3n) is 5.94. The number of carbonyl (C=O) groups excluding carboxylic acids is 2. The van der Waals surface area contributed by atoms with Crippen LogP contribution < -0.4 is 15.8 Å². The lowest BCUT2D eigenvalue weighted by Crippen LogP contribution is -2.48. The monoisotopic (exact) mass is 531 g/mol. The fraction of sp³-hybridized carbons (Fsp3) is 0.280. The molecule has 4 rings (SSSR count). The van der Waals surface area contributed by atoms with Gasteiger partial charge in [-0.2, -0.15) is 13.2 Å². The van der Waals surface area contributed by atoms with Gasteiger partial charge in [0, 0.05) is 43.6 Å². The van der Waals surface area contributed by atoms with Crippen LogP contribution in [0.3, 0.4) is 0 Å². The second kappa shape index (κ2) is 11.0. The lowest BCUT2D eigenvalue weighted by atomic mass is 10.0. The van der Waals surface area contributed by atoms with Crippen LogP contribution in [0.2, 0.25) is 0 Å². The van der Waals surface area contributed by atoms with E-state index in [1.54, 1.807) is 6.92 Å². The molecule has 1 aliphatic heterocycles. The summed E-state index contributed by atoms with van der Waals surface area (Å²) in [5.74, 6) is -3.59. The molecular formula is C25H24F3N5O5. The highest BCUT2D eigenvalue weighted by atomic mass is 19.4. The molecule has 1 fully saturated rings. The van der Waals surface area contributed by atoms with E-state index >= 15 is 0 Å². The number of hydrogen-bond donors (Lipinski definition) is 1. The molecule has 2 aromatic carbocycles. The molecule has 0 bridgehead atoms. The Bertz CT molecular complexity index is 1380. The lowest BCUT2D eigenvalue weighted by Gasteiger charge is -2.34. The summed E-state index contributed by atoms with van der Waals surface area (Å²) in [4.78, 5) is 52.2. The topological polar surface area (TPSA) is 106 Å². The van der Waals surface area contributed by atoms with Crippen molar-refractivity contribution >= 4 is 17.7 Å². The van der Waals surface area contributed by atoms with Crippen molar-refractivity contribution in [2.45, 2.75) is 19.1 Å². The summed E-state index contributed by atoms with van der Waals surface area (Å²) < 4.78 is 39.1. The summed E-state index contributed by atoms with van der Waals surface area (Å²) in [5.41, 5.74) is 1.33. The number of hydroxylamine groups is 2. The van der Waals surface area contributed by atoms with Crippen molar-refractivity contribution in [3.8, 4) is 5.69 Å². The number of carbonyl (C=O) groups is 2. The third kappa shape index (κ3) is 5.68. The highest BCUT2D eigenvalue weighted by molar-refractivity contribution is 5.94. The van der Waals surface area contributed by atoms with E-state index in [1.807, 2.05) is 35.2 Å². The van der Waals surface area contributed by atoms with Crippen molar-refractivity contribution in [1.29, 1.82) is 0 Å². The number of piperazine rings is 1. The van der Waals surface area contributed by atoms with Crippen molar-refractivity contribution < 1.29 is 32.4 Å². The van der Waals surface area contributed by atoms with Gasteiger partial charge in [0.2, 0.25) is 0 Å². The largest absolute Gasteiger partial charge is 0.493 e. The first kappa shape index (κ1) is 26.8. The summed E-state index contributed by atoms with van der Waals surface area (Å²) in [6.45, 7) is 3.37. The van der Waals surface area contributed by atoms with Crippen LogP contribution in [0.5, 0.6) is 0 Å². The maximum absolute atomic E-state index is 13.5. The second-order valence-electron chi connectivity index (χ2n) is 8.41. The Hall–Kier alpha value is -4.23. The number of hydrogen-bond acceptors (Lipinski definition) is 8. The number of benzene rings is 2. The van der Waals surface area contributed by atoms with Crippen LogP contribution >= 0.6 is 0 Å². The smallest absolute Gasteiger partial charge is 0.349 e. The summed E-state index contributed by atoms with van der Waals surface area (Å²) in [7, 11) is 0.868. The maximum atomic E-state index is 13.5. The number of nitrogens with one attached hydrogen (secondary N) is 1. The quantitative estimate of drug-likeness (QED) is 0.501. The van der Waals surface area contributed by atoms with Gasteiger partial charge in [-0.1, -0.05) is 36.4 Å². The minimum absolute atomic E-state index is 0.0121. The first-order chi connectivity index (χ1) is 18.1. The zero-order chi connectivity index (χ0) is 27.4. The molecule has 0 radical (unpaired) electrons. The molecule has 2 heterocycles. The van der Waals surface area contributed by atoms with E-state index in [0.717, 1.165) is 12.7 Å². The molecule has 1 aromatic heterocycles. The van der Waals surface area contributed by atoms with E-state index in [1.165, 1.54) is 35.2 Å². The lowest BCUT2D eigenvalue weighted by molar-refractivity contribution is -0.313. The van der Waals surface area contributed by atoms with Gasteiger partial charge in [0.1, 0.15) is 0 Å². The fourth-order valence-electron chi connectivity index (χ4n) is 4.05. The molecule has 10 nitrogen and oxygen atoms in total. The van der Waals surface area contributed by atoms with Gasteiger partial charge in [0.05, 0.1) is 12.8 Å². The molecule has 38 heavy (non-hydrogen) atoms. The number of halogens is 3. The normalized spacial score (nSPS) is 15.7. The van der Waals surface area contributed by atoms with E-state index in [4.69, 9.17) is 0 Å². The number of aryl methyl sites for hydroxylation is 1. The molecule has 1 atom stereocenters. The summed E-state index contributed by atoms with van der Waals surface area (Å²) in [6, 6.07) is 13.9. The molecule has 13 heteroatoms. The van der Waals surface area contributed by atoms with E-state index in [0.29, 0.717) is 25.2 Å². The molecular weight excluding hydrogens is 507 g/mol. The standard InChI is InChI=1S/C25H24F3N5O5/c1-16-8-9-18(22(34)33(37-2)38-24(36)25(26,27)28)14-20(16)32-13-11-30-21(23(32)35)31-12-10-29-19(15-31)17-6-4-3-5-7-17/h3-9,11,13-14,19,29H,10,12,15H2,1-2H3. The van der Waals surface area contributed by atoms with Crippen molar-refractivity contribution in [2.75, 3.05) is 31.6 Å². The molecule has 1 amide bonds. The van der Waals surface area contributed by atoms with Gasteiger partial charge in [0.15, 0.2) is 5.82 Å². The molecule has 0 spiro atoms. The number of alkyl halides is 3. The third-order valence-corrected chi connectivity index (χ3v) is 5.94. The van der Waals surface area contributed by atoms with E-state index in [-0.39, 0.29) is 28.3 Å². The second-order valence-corrected chi connectivity index (χ2v) is 8.41. The highest BCUT2D eigenvalue weighted by Crippen LogP contribution is 2.22. The zero-order valence-corrected chi connectivity index (χ0v) is 20.4. The average molecular weight is 531 g/mol. The fourth-order valence-corrected chi connectivity index (χ4v) is 4.05. The van der Waals surface area contributed by atoms with Gasteiger partial charge < -0.3 is 15.1 Å². The van der Waals surface area contributed by atoms with Crippen LogP contribution in [0, 0.1) is 6.92 Å². The minimum Gasteiger partial charge on any atom is -0.349 e. The van der Waals surface area contributed by atoms with Gasteiger partial charge in [-0.3, -0.25) is 14.2 Å². The Kier molecular flexibility index (Phi) is 7.78. The minimum atomic E-state index is -5.33. The Morgan fingerprint density at radius 2 is 1.89 bits per heavy atom. The number of rotatable bonds is 5. The molecule has 1 saturated heterocycles. The number of amides is 1. The van der Waals surface area contributed by atoms with Gasteiger partial charge in [-0.25, -0.2) is 14.6 Å². The van der Waals surface area contributed by atoms with Crippen LogP contribution in [-0.2, 0) is 14.5 Å². The van der Waals surface area contributed by atoms with Crippen LogP contribution in [0.15, 0.2) is 65.7 Å². The summed E-state index contributed by atoms with van der Waals surface area (Å²) in [5, 5.41) is 3.26. The van der Waals surface area contributed by atoms with Gasteiger partial charge in [-0.05, 0) is 35.4 Å². The first-order valence-corrected chi connectivity index (χ1v) is 11.5. The van der Waals surface area contributed by atoms with Crippen LogP contribution in [0.25, 0.3) is 5.69 Å². The molecule has 1 N–H and O–H groups in total. The predicted molar refractivity (Wildman–Crippen MR) is 129 cm³/mol. The number of aromatic nitrogens is 2. The molecule has 1 unspecified atom stereocenters. The van der Waals surface area contributed by atoms with Gasteiger partial charge >= 0.3 is 18.1 Å². The van der Waals surface area contributed by atoms with E-state index in [2.05, 4.69) is 20.0 Å². The maximum Gasteiger partial charge on any atom is 0.493 e. The van der Waals surface area contributed by atoms with Crippen molar-refractivity contribution in [1.82, 2.24) is 20.1 Å². The van der Waals surface area contributed by atoms with Crippen molar-refractivity contribution in [2.24, 2.45) is 0 Å². The Labute approximate surface area is 215 Å². The average Bonchev–Trinajstić information content (AvgIpc) is 2.92. The summed E-state index contributed by atoms with van der Waals surface area (Å²) >= 11 is 0. The Balaban J connectivity index is 1.63. The Morgan fingerprint density at radius 3 is 2.58 bits per heavy atom. The van der Waals surface area contributed by atoms with Crippen LogP contribution in [-0.4, -0.2) is 59.6 Å². The molecule has 200 valence electrons. The first-order valence-electron chi connectivity index (χ1n) is 11.5. The van der Waals surface area contributed by atoms with Gasteiger partial charge in [-0.15, -0.1) is 0 Å². The van der Waals surface area contributed by atoms with Crippen molar-refractivity contribution in [3.05, 3.63) is 88.0 Å². The Morgan fingerprint density at radius 1 is 1.16 bits per heavy atom. The predicted octanol–water partition coefficient (Wildman–Crippen LogP) is 2.72. The molecule has 0 saturated carbocycles. The number of anilines is 1. The SMILES string of the molecule is CON(OC(=O)C(F)(F)F)C(=O)c1ccc(C)c(-n2ccnc(N3CCNC(c4ccccc4)C3)c2=O)c1. The van der Waals surface area contributed by atoms with Gasteiger partial charge in [0.25, 0.3) is 5.56 Å².